The molecule has 0 radical (unpaired) electrons. The van der Waals surface area contributed by atoms with Crippen LogP contribution in [0, 0.1) is 25.7 Å². The number of primary amides is 1. The molecule has 2 N–H and O–H groups in total. The van der Waals surface area contributed by atoms with Crippen LogP contribution in [0.4, 0.5) is 13.2 Å². The molecule has 0 bridgehead atoms. The zero-order valence-electron chi connectivity index (χ0n) is 25.9. The molecule has 43 heavy (non-hydrogen) atoms. The molecule has 0 aliphatic carbocycles. The first kappa shape index (κ1) is 37.1. The number of hydrogen-bond acceptors (Lipinski definition) is 5. The molecule has 0 aromatic heterocycles. The molecule has 0 aliphatic rings. The molecule has 0 heterocycles. The van der Waals surface area contributed by atoms with Crippen LogP contribution in [0.3, 0.4) is 0 Å². The number of rotatable bonds is 11. The van der Waals surface area contributed by atoms with Gasteiger partial charge < -0.3 is 20.3 Å². The maximum Gasteiger partial charge on any atom is 0.422 e. The number of nitrogens with two attached hydrogens (primary N) is 1. The minimum absolute atomic E-state index is 0.105. The molecule has 0 saturated carbocycles. The predicted octanol–water partition coefficient (Wildman–Crippen LogP) is 5.33. The topological polar surface area (TPSA) is 110 Å². The molecule has 2 rings (SSSR count). The number of halogens is 3. The summed E-state index contributed by atoms with van der Waals surface area (Å²) in [7, 11) is 0. The fourth-order valence-corrected chi connectivity index (χ4v) is 3.93. The highest BCUT2D eigenvalue weighted by molar-refractivity contribution is 6.34. The summed E-state index contributed by atoms with van der Waals surface area (Å²) >= 11 is 0. The van der Waals surface area contributed by atoms with Crippen LogP contribution in [0.15, 0.2) is 48.5 Å². The molecule has 3 amide bonds. The molecule has 0 saturated heterocycles. The van der Waals surface area contributed by atoms with Gasteiger partial charge in [0.2, 0.25) is 0 Å². The van der Waals surface area contributed by atoms with Crippen LogP contribution in [0.2, 0.25) is 0 Å². The van der Waals surface area contributed by atoms with E-state index < -0.39 is 36.5 Å². The lowest BCUT2D eigenvalue weighted by Crippen LogP contribution is -2.42. The van der Waals surface area contributed by atoms with Crippen molar-refractivity contribution >= 4 is 23.7 Å². The number of nitrogens with zero attached hydrogens (tertiary/aromatic N) is 2. The van der Waals surface area contributed by atoms with E-state index in [1.54, 1.807) is 11.0 Å². The van der Waals surface area contributed by atoms with Gasteiger partial charge >= 0.3 is 29.9 Å². The smallest absolute Gasteiger partial charge is 0.422 e. The maximum absolute atomic E-state index is 12.2. The van der Waals surface area contributed by atoms with Crippen molar-refractivity contribution in [3.8, 4) is 0 Å². The third-order valence-corrected chi connectivity index (χ3v) is 7.03. The van der Waals surface area contributed by atoms with Crippen LogP contribution in [0.1, 0.15) is 62.8 Å². The van der Waals surface area contributed by atoms with E-state index in [9.17, 15) is 32.3 Å². The van der Waals surface area contributed by atoms with Crippen molar-refractivity contribution in [3.63, 3.8) is 0 Å². The van der Waals surface area contributed by atoms with Crippen molar-refractivity contribution in [1.29, 1.82) is 0 Å². The van der Waals surface area contributed by atoms with Crippen LogP contribution in [-0.4, -0.2) is 59.4 Å². The monoisotopic (exact) mass is 607 g/mol. The minimum Gasteiger partial charge on any atom is -0.449 e. The normalized spacial score (nSPS) is 12.3. The highest BCUT2D eigenvalue weighted by Crippen LogP contribution is 2.17. The number of carbonyl (C=O) groups is 4. The van der Waals surface area contributed by atoms with Crippen molar-refractivity contribution in [3.05, 3.63) is 70.8 Å². The van der Waals surface area contributed by atoms with Gasteiger partial charge in [-0.3, -0.25) is 14.4 Å². The van der Waals surface area contributed by atoms with Crippen LogP contribution >= 0.6 is 0 Å². The number of amides is 3. The first-order chi connectivity index (χ1) is 20.1. The largest absolute Gasteiger partial charge is 0.449 e. The first-order valence-corrected chi connectivity index (χ1v) is 14.3. The van der Waals surface area contributed by atoms with E-state index in [0.29, 0.717) is 19.0 Å². The number of benzene rings is 2. The molecule has 2 atom stereocenters. The number of alkyl halides is 3. The maximum atomic E-state index is 12.2. The van der Waals surface area contributed by atoms with Gasteiger partial charge in [0.25, 0.3) is 0 Å². The lowest BCUT2D eigenvalue weighted by molar-refractivity contribution is -0.189. The third-order valence-electron chi connectivity index (χ3n) is 7.03. The van der Waals surface area contributed by atoms with E-state index in [2.05, 4.69) is 18.6 Å². The van der Waals surface area contributed by atoms with Gasteiger partial charge in [-0.2, -0.15) is 13.2 Å². The van der Waals surface area contributed by atoms with Crippen molar-refractivity contribution < 1.29 is 37.1 Å². The summed E-state index contributed by atoms with van der Waals surface area (Å²) in [6.45, 7) is 11.4. The van der Waals surface area contributed by atoms with Crippen molar-refractivity contribution in [2.24, 2.45) is 17.6 Å². The molecule has 11 heteroatoms. The summed E-state index contributed by atoms with van der Waals surface area (Å²) in [5, 5.41) is 0. The van der Waals surface area contributed by atoms with Crippen molar-refractivity contribution in [2.75, 3.05) is 19.7 Å². The van der Waals surface area contributed by atoms with E-state index >= 15 is 0 Å². The Morgan fingerprint density at radius 1 is 0.767 bits per heavy atom. The summed E-state index contributed by atoms with van der Waals surface area (Å²) in [5.74, 6) is -3.59. The van der Waals surface area contributed by atoms with E-state index in [-0.39, 0.29) is 19.0 Å². The second-order valence-corrected chi connectivity index (χ2v) is 10.8. The molecular formula is C32H44F3N3O5. The summed E-state index contributed by atoms with van der Waals surface area (Å²) in [5.41, 5.74) is 9.03. The van der Waals surface area contributed by atoms with Gasteiger partial charge in [0.15, 0.2) is 6.61 Å². The predicted molar refractivity (Wildman–Crippen MR) is 158 cm³/mol. The van der Waals surface area contributed by atoms with E-state index in [1.165, 1.54) is 4.90 Å². The van der Waals surface area contributed by atoms with Gasteiger partial charge in [-0.05, 0) is 47.9 Å². The molecule has 0 unspecified atom stereocenters. The molecule has 2 aromatic carbocycles. The third kappa shape index (κ3) is 13.8. The fraction of sp³-hybridized carbons (Fsp3) is 0.500. The summed E-state index contributed by atoms with van der Waals surface area (Å²) < 4.78 is 40.5. The molecule has 0 aliphatic heterocycles. The Hall–Kier alpha value is -3.89. The summed E-state index contributed by atoms with van der Waals surface area (Å²) in [6.07, 6.45) is -2.93. The molecule has 238 valence electrons. The molecule has 0 fully saturated rings. The SMILES string of the molecule is CC[C@@H](C)CN(Cc1ccccc1C)C(=O)C(=O)OCC(F)(F)F.CC[C@@H](C)CN(Cc1ccccc1C)C(=O)C(N)=O. The van der Waals surface area contributed by atoms with Gasteiger partial charge in [-0.1, -0.05) is 89.1 Å². The standard InChI is InChI=1S/C17H22F3NO3.C15H22N2O2/c1-4-12(2)9-21(10-14-8-6-5-7-13(14)3)15(22)16(23)24-11-17(18,19)20;1-4-11(2)9-17(15(19)14(16)18)10-13-8-6-5-7-12(13)3/h5-8,12H,4,9-11H2,1-3H3;5-8,11H,4,9-10H2,1-3H3,(H2,16,18)/t12-;11-/m11/s1. The van der Waals surface area contributed by atoms with Crippen LogP contribution in [0.25, 0.3) is 0 Å². The van der Waals surface area contributed by atoms with Crippen LogP contribution in [-0.2, 0) is 37.0 Å². The molecule has 2 aromatic rings. The second kappa shape index (κ2) is 17.9. The minimum atomic E-state index is -4.66. The zero-order valence-corrected chi connectivity index (χ0v) is 25.9. The number of hydrogen-bond donors (Lipinski definition) is 1. The van der Waals surface area contributed by atoms with Gasteiger partial charge in [0, 0.05) is 26.2 Å². The number of aryl methyl sites for hydroxylation is 2. The van der Waals surface area contributed by atoms with Gasteiger partial charge in [-0.15, -0.1) is 0 Å². The average Bonchev–Trinajstić information content (AvgIpc) is 2.96. The van der Waals surface area contributed by atoms with E-state index in [1.807, 2.05) is 70.2 Å². The Morgan fingerprint density at radius 2 is 1.16 bits per heavy atom. The molecular weight excluding hydrogens is 563 g/mol. The highest BCUT2D eigenvalue weighted by atomic mass is 19.4. The van der Waals surface area contributed by atoms with Crippen molar-refractivity contribution in [2.45, 2.75) is 73.6 Å². The van der Waals surface area contributed by atoms with Crippen molar-refractivity contribution in [1.82, 2.24) is 9.80 Å². The molecule has 0 spiro atoms. The lowest BCUT2D eigenvalue weighted by atomic mass is 10.1. The van der Waals surface area contributed by atoms with E-state index in [4.69, 9.17) is 5.73 Å². The first-order valence-electron chi connectivity index (χ1n) is 14.3. The summed E-state index contributed by atoms with van der Waals surface area (Å²) in [4.78, 5) is 49.6. The van der Waals surface area contributed by atoms with E-state index in [0.717, 1.165) is 35.1 Å². The van der Waals surface area contributed by atoms with Crippen LogP contribution < -0.4 is 5.73 Å². The number of esters is 1. The Kier molecular flexibility index (Phi) is 15.5. The van der Waals surface area contributed by atoms with Crippen LogP contribution in [0.5, 0.6) is 0 Å². The molecule has 8 nitrogen and oxygen atoms in total. The fourth-order valence-electron chi connectivity index (χ4n) is 3.93. The van der Waals surface area contributed by atoms with Gasteiger partial charge in [-0.25, -0.2) is 4.79 Å². The summed E-state index contributed by atoms with van der Waals surface area (Å²) in [6, 6.07) is 15.2. The van der Waals surface area contributed by atoms with Gasteiger partial charge in [0.05, 0.1) is 0 Å². The Labute approximate surface area is 252 Å². The average molecular weight is 608 g/mol. The highest BCUT2D eigenvalue weighted by Gasteiger charge is 2.33. The number of carbonyl (C=O) groups excluding carboxylic acids is 4. The van der Waals surface area contributed by atoms with Gasteiger partial charge in [0.1, 0.15) is 0 Å². The number of ether oxygens (including phenoxy) is 1. The lowest BCUT2D eigenvalue weighted by Gasteiger charge is -2.25. The quantitative estimate of drug-likeness (QED) is 0.274. The zero-order chi connectivity index (χ0) is 32.7. The second-order valence-electron chi connectivity index (χ2n) is 10.8. The Morgan fingerprint density at radius 3 is 1.51 bits per heavy atom. The Balaban J connectivity index is 0.000000442. The Bertz CT molecular complexity index is 1220.